The van der Waals surface area contributed by atoms with Crippen LogP contribution in [0.2, 0.25) is 0 Å². The Kier molecular flexibility index (Phi) is 6.30. The van der Waals surface area contributed by atoms with Crippen molar-refractivity contribution in [2.24, 2.45) is 5.41 Å². The van der Waals surface area contributed by atoms with E-state index in [-0.39, 0.29) is 10.4 Å². The Hall–Kier alpha value is -2.39. The number of urea groups is 1. The summed E-state index contributed by atoms with van der Waals surface area (Å²) in [6.07, 6.45) is 5.97. The summed E-state index contributed by atoms with van der Waals surface area (Å²) in [7, 11) is -0.270. The normalized spacial score (nSPS) is 15.6. The Balaban J connectivity index is 1.57. The van der Waals surface area contributed by atoms with Crippen molar-refractivity contribution in [3.8, 4) is 0 Å². The molecule has 9 heteroatoms. The molecule has 2 aliphatic carbocycles. The molecule has 2 N–H and O–H groups in total. The molecule has 0 saturated heterocycles. The van der Waals surface area contributed by atoms with Crippen molar-refractivity contribution in [2.75, 3.05) is 19.4 Å². The lowest BCUT2D eigenvalue weighted by atomic mass is 9.97. The maximum Gasteiger partial charge on any atom is 0.333 e. The molecule has 33 heavy (non-hydrogen) atoms. The van der Waals surface area contributed by atoms with Gasteiger partial charge in [0.25, 0.3) is 10.0 Å². The molecule has 180 valence electrons. The number of hydrogen-bond donors (Lipinski definition) is 2. The summed E-state index contributed by atoms with van der Waals surface area (Å²) in [6.45, 7) is 7.34. The third-order valence-corrected chi connectivity index (χ3v) is 7.36. The van der Waals surface area contributed by atoms with E-state index >= 15 is 0 Å². The molecule has 0 radical (unpaired) electrons. The third kappa shape index (κ3) is 5.24. The summed E-state index contributed by atoms with van der Waals surface area (Å²) in [6, 6.07) is 3.10. The van der Waals surface area contributed by atoms with E-state index in [4.69, 9.17) is 0 Å². The van der Waals surface area contributed by atoms with Gasteiger partial charge in [0.2, 0.25) is 0 Å². The SMILES string of the molecule is CN(C)Cc1cc(S(=O)(=O)NC(=O)Nc2c3c(cc4c2CCC4)CCC3)nn1CC(C)(C)C. The molecular weight excluding hydrogens is 438 g/mol. The average molecular weight is 474 g/mol. The van der Waals surface area contributed by atoms with Crippen LogP contribution in [0.3, 0.4) is 0 Å². The van der Waals surface area contributed by atoms with E-state index in [1.807, 2.05) is 19.0 Å². The highest BCUT2D eigenvalue weighted by Crippen LogP contribution is 2.38. The summed E-state index contributed by atoms with van der Waals surface area (Å²) >= 11 is 0. The number of nitrogens with zero attached hydrogens (tertiary/aromatic N) is 3. The van der Waals surface area contributed by atoms with Crippen LogP contribution in [0.4, 0.5) is 10.5 Å². The predicted octanol–water partition coefficient (Wildman–Crippen LogP) is 3.48. The minimum absolute atomic E-state index is 0.0764. The van der Waals surface area contributed by atoms with Gasteiger partial charge < -0.3 is 10.2 Å². The van der Waals surface area contributed by atoms with Crippen LogP contribution in [0.5, 0.6) is 0 Å². The average Bonchev–Trinajstić information content (AvgIpc) is 3.40. The maximum absolute atomic E-state index is 13.1. The second-order valence-electron chi connectivity index (χ2n) is 10.7. The zero-order valence-corrected chi connectivity index (χ0v) is 21.1. The van der Waals surface area contributed by atoms with Crippen molar-refractivity contribution < 1.29 is 13.2 Å². The molecule has 8 nitrogen and oxygen atoms in total. The van der Waals surface area contributed by atoms with Gasteiger partial charge in [-0.1, -0.05) is 26.8 Å². The topological polar surface area (TPSA) is 96.3 Å². The highest BCUT2D eigenvalue weighted by molar-refractivity contribution is 7.90. The lowest BCUT2D eigenvalue weighted by molar-refractivity contribution is 0.256. The standard InChI is InChI=1S/C24H35N5O3S/c1-24(2,3)15-29-18(14-28(4)5)13-21(26-29)33(31,32)27-23(30)25-22-19-10-6-8-16(19)12-17-9-7-11-20(17)22/h12-13H,6-11,14-15H2,1-5H3,(H2,25,27,30). The fraction of sp³-hybridized carbons (Fsp3) is 0.583. The molecule has 0 spiro atoms. The number of carbonyl (C=O) groups excluding carboxylic acids is 1. The first-order valence-electron chi connectivity index (χ1n) is 11.6. The number of sulfonamides is 1. The van der Waals surface area contributed by atoms with Crippen LogP contribution in [0.25, 0.3) is 0 Å². The molecule has 2 aromatic rings. The van der Waals surface area contributed by atoms with Gasteiger partial charge in [-0.25, -0.2) is 9.52 Å². The number of anilines is 1. The van der Waals surface area contributed by atoms with Gasteiger partial charge in [-0.3, -0.25) is 4.68 Å². The maximum atomic E-state index is 13.1. The Morgan fingerprint density at radius 2 is 1.67 bits per heavy atom. The summed E-state index contributed by atoms with van der Waals surface area (Å²) in [5.74, 6) is 0. The van der Waals surface area contributed by atoms with Crippen molar-refractivity contribution in [3.05, 3.63) is 40.1 Å². The molecular formula is C24H35N5O3S. The molecule has 0 saturated carbocycles. The predicted molar refractivity (Wildman–Crippen MR) is 129 cm³/mol. The fourth-order valence-corrected chi connectivity index (χ4v) is 5.78. The Morgan fingerprint density at radius 1 is 1.06 bits per heavy atom. The van der Waals surface area contributed by atoms with Crippen molar-refractivity contribution in [2.45, 2.75) is 77.4 Å². The Bertz CT molecular complexity index is 1140. The van der Waals surface area contributed by atoms with Gasteiger partial charge >= 0.3 is 6.03 Å². The highest BCUT2D eigenvalue weighted by Gasteiger charge is 2.28. The number of rotatable bonds is 6. The van der Waals surface area contributed by atoms with Gasteiger partial charge in [-0.15, -0.1) is 0 Å². The van der Waals surface area contributed by atoms with Gasteiger partial charge in [-0.2, -0.15) is 13.5 Å². The second-order valence-corrected chi connectivity index (χ2v) is 12.4. The first kappa shape index (κ1) is 23.8. The Labute approximate surface area is 196 Å². The number of hydrogen-bond acceptors (Lipinski definition) is 5. The first-order chi connectivity index (χ1) is 15.4. The molecule has 2 amide bonds. The van der Waals surface area contributed by atoms with Crippen molar-refractivity contribution >= 4 is 21.7 Å². The Morgan fingerprint density at radius 3 is 2.21 bits per heavy atom. The molecule has 2 aliphatic rings. The molecule has 1 aromatic carbocycles. The van der Waals surface area contributed by atoms with Gasteiger partial charge in [0.05, 0.1) is 5.69 Å². The lowest BCUT2D eigenvalue weighted by Crippen LogP contribution is -2.35. The molecule has 0 atom stereocenters. The summed E-state index contributed by atoms with van der Waals surface area (Å²) in [5.41, 5.74) is 6.40. The van der Waals surface area contributed by atoms with Gasteiger partial charge in [0, 0.05) is 24.8 Å². The summed E-state index contributed by atoms with van der Waals surface area (Å²) in [5, 5.41) is 7.11. The third-order valence-electron chi connectivity index (χ3n) is 6.16. The van der Waals surface area contributed by atoms with Crippen LogP contribution in [-0.2, 0) is 48.8 Å². The largest absolute Gasteiger partial charge is 0.333 e. The van der Waals surface area contributed by atoms with Crippen LogP contribution in [0, 0.1) is 5.41 Å². The van der Waals surface area contributed by atoms with E-state index in [1.54, 1.807) is 10.7 Å². The molecule has 4 rings (SSSR count). The van der Waals surface area contributed by atoms with Crippen molar-refractivity contribution in [1.82, 2.24) is 19.4 Å². The van der Waals surface area contributed by atoms with Crippen LogP contribution < -0.4 is 10.0 Å². The molecule has 0 fully saturated rings. The highest BCUT2D eigenvalue weighted by atomic mass is 32.2. The monoisotopic (exact) mass is 473 g/mol. The number of aromatic nitrogens is 2. The molecule has 0 bridgehead atoms. The zero-order chi connectivity index (χ0) is 24.0. The van der Waals surface area contributed by atoms with E-state index in [0.29, 0.717) is 13.1 Å². The molecule has 1 heterocycles. The smallest absolute Gasteiger partial charge is 0.307 e. The van der Waals surface area contributed by atoms with Crippen LogP contribution in [0.15, 0.2) is 17.2 Å². The lowest BCUT2D eigenvalue weighted by Gasteiger charge is -2.20. The van der Waals surface area contributed by atoms with E-state index in [1.165, 1.54) is 11.1 Å². The number of amides is 2. The minimum atomic E-state index is -4.11. The van der Waals surface area contributed by atoms with E-state index in [9.17, 15) is 13.2 Å². The van der Waals surface area contributed by atoms with Crippen LogP contribution in [-0.4, -0.2) is 43.2 Å². The second kappa shape index (κ2) is 8.76. The quantitative estimate of drug-likeness (QED) is 0.670. The van der Waals surface area contributed by atoms with Crippen molar-refractivity contribution in [1.29, 1.82) is 0 Å². The number of fused-ring (bicyclic) bond motifs is 2. The summed E-state index contributed by atoms with van der Waals surface area (Å²) < 4.78 is 30.0. The van der Waals surface area contributed by atoms with Crippen LogP contribution >= 0.6 is 0 Å². The summed E-state index contributed by atoms with van der Waals surface area (Å²) in [4.78, 5) is 14.8. The van der Waals surface area contributed by atoms with Crippen LogP contribution in [0.1, 0.15) is 61.6 Å². The van der Waals surface area contributed by atoms with Gasteiger partial charge in [0.1, 0.15) is 0 Å². The van der Waals surface area contributed by atoms with Gasteiger partial charge in [0.15, 0.2) is 5.03 Å². The van der Waals surface area contributed by atoms with E-state index in [0.717, 1.165) is 61.0 Å². The van der Waals surface area contributed by atoms with E-state index in [2.05, 4.69) is 42.0 Å². The number of aryl methyl sites for hydroxylation is 2. The number of benzene rings is 1. The number of carbonyl (C=O) groups is 1. The molecule has 1 aromatic heterocycles. The fourth-order valence-electron chi connectivity index (χ4n) is 4.88. The minimum Gasteiger partial charge on any atom is -0.307 e. The van der Waals surface area contributed by atoms with E-state index < -0.39 is 16.1 Å². The molecule has 0 unspecified atom stereocenters. The molecule has 0 aliphatic heterocycles. The van der Waals surface area contributed by atoms with Crippen molar-refractivity contribution in [3.63, 3.8) is 0 Å². The number of nitrogens with one attached hydrogen (secondary N) is 2. The first-order valence-corrected chi connectivity index (χ1v) is 13.1. The zero-order valence-electron chi connectivity index (χ0n) is 20.3. The van der Waals surface area contributed by atoms with Gasteiger partial charge in [-0.05, 0) is 80.3 Å².